The molecule has 0 unspecified atom stereocenters. The highest BCUT2D eigenvalue weighted by molar-refractivity contribution is 5.96. The van der Waals surface area contributed by atoms with Gasteiger partial charge in [-0.3, -0.25) is 19.6 Å². The number of nitrogens with zero attached hydrogens (tertiary/aromatic N) is 2. The average molecular weight is 552 g/mol. The molecule has 2 aliphatic rings. The predicted octanol–water partition coefficient (Wildman–Crippen LogP) is 6.32. The second-order valence-electron chi connectivity index (χ2n) is 10.0. The van der Waals surface area contributed by atoms with Crippen LogP contribution in [0.2, 0.25) is 0 Å². The van der Waals surface area contributed by atoms with Crippen LogP contribution in [0.1, 0.15) is 44.9 Å². The molecule has 3 aromatic rings. The molecule has 0 saturated heterocycles. The SMILES string of the molecule is C=N/C(C(=O)NCCCc1ccc(C)cc1)=C1/C=CC=CN1.CC(=O)Nc1c(-c2ccncc2)ccc2c1CCC2.[HH].[HH]. The summed E-state index contributed by atoms with van der Waals surface area (Å²) in [4.78, 5) is 31.5. The van der Waals surface area contributed by atoms with Crippen molar-refractivity contribution in [2.45, 2.75) is 46.0 Å². The minimum absolute atomic E-state index is 0. The van der Waals surface area contributed by atoms with Crippen molar-refractivity contribution in [3.05, 3.63) is 119 Å². The number of aromatic nitrogens is 1. The van der Waals surface area contributed by atoms with E-state index in [9.17, 15) is 9.59 Å². The van der Waals surface area contributed by atoms with E-state index in [-0.39, 0.29) is 14.7 Å². The summed E-state index contributed by atoms with van der Waals surface area (Å²) in [5.41, 5.74) is 9.32. The van der Waals surface area contributed by atoms with Crippen molar-refractivity contribution >= 4 is 24.2 Å². The van der Waals surface area contributed by atoms with Gasteiger partial charge in [-0.2, -0.15) is 0 Å². The van der Waals surface area contributed by atoms with Gasteiger partial charge in [0.25, 0.3) is 5.91 Å². The van der Waals surface area contributed by atoms with Gasteiger partial charge in [-0.25, -0.2) is 0 Å². The average Bonchev–Trinajstić information content (AvgIpc) is 3.48. The Kier molecular flexibility index (Phi) is 10.4. The van der Waals surface area contributed by atoms with Gasteiger partial charge >= 0.3 is 0 Å². The first-order chi connectivity index (χ1) is 20.0. The van der Waals surface area contributed by atoms with Crippen molar-refractivity contribution in [3.8, 4) is 11.1 Å². The maximum Gasteiger partial charge on any atom is 0.272 e. The lowest BCUT2D eigenvalue weighted by Crippen LogP contribution is -2.28. The Hall–Kier alpha value is -4.78. The Morgan fingerprint density at radius 1 is 1.05 bits per heavy atom. The van der Waals surface area contributed by atoms with Crippen molar-refractivity contribution in [1.82, 2.24) is 15.6 Å². The van der Waals surface area contributed by atoms with Crippen molar-refractivity contribution < 1.29 is 12.4 Å². The van der Waals surface area contributed by atoms with Crippen LogP contribution < -0.4 is 16.0 Å². The molecule has 1 aliphatic carbocycles. The first kappa shape index (κ1) is 29.2. The number of anilines is 1. The van der Waals surface area contributed by atoms with Crippen LogP contribution in [0.5, 0.6) is 0 Å². The minimum Gasteiger partial charge on any atom is -0.360 e. The summed E-state index contributed by atoms with van der Waals surface area (Å²) >= 11 is 0. The van der Waals surface area contributed by atoms with Gasteiger partial charge in [0.1, 0.15) is 0 Å². The second-order valence-corrected chi connectivity index (χ2v) is 10.0. The zero-order valence-corrected chi connectivity index (χ0v) is 23.7. The number of amides is 2. The number of dihydropyridines is 1. The number of hydrogen-bond donors (Lipinski definition) is 3. The van der Waals surface area contributed by atoms with E-state index in [2.05, 4.69) is 76.0 Å². The minimum atomic E-state index is -0.207. The molecule has 0 radical (unpaired) electrons. The third kappa shape index (κ3) is 8.11. The number of fused-ring (bicyclic) bond motifs is 1. The fourth-order valence-electron chi connectivity index (χ4n) is 4.91. The normalized spacial score (nSPS) is 14.2. The Balaban J connectivity index is 0.000000289. The topological polar surface area (TPSA) is 95.5 Å². The molecule has 7 nitrogen and oxygen atoms in total. The van der Waals surface area contributed by atoms with E-state index in [1.165, 1.54) is 28.7 Å². The summed E-state index contributed by atoms with van der Waals surface area (Å²) in [6.45, 7) is 7.72. The molecule has 2 amide bonds. The van der Waals surface area contributed by atoms with E-state index >= 15 is 0 Å². The van der Waals surface area contributed by atoms with Crippen molar-refractivity contribution in [2.24, 2.45) is 4.99 Å². The van der Waals surface area contributed by atoms with Crippen LogP contribution in [-0.4, -0.2) is 30.1 Å². The molecule has 7 heteroatoms. The smallest absolute Gasteiger partial charge is 0.272 e. The van der Waals surface area contributed by atoms with Gasteiger partial charge in [-0.05, 0) is 92.3 Å². The summed E-state index contributed by atoms with van der Waals surface area (Å²) in [7, 11) is 0. The molecule has 0 saturated carbocycles. The fourth-order valence-corrected chi connectivity index (χ4v) is 4.91. The number of aliphatic imine (C=N–C) groups is 1. The van der Waals surface area contributed by atoms with E-state index in [1.54, 1.807) is 31.6 Å². The van der Waals surface area contributed by atoms with Crippen molar-refractivity contribution in [1.29, 1.82) is 0 Å². The number of pyridine rings is 1. The lowest BCUT2D eigenvalue weighted by molar-refractivity contribution is -0.117. The summed E-state index contributed by atoms with van der Waals surface area (Å²) < 4.78 is 0. The Labute approximate surface area is 245 Å². The first-order valence-corrected chi connectivity index (χ1v) is 13.9. The van der Waals surface area contributed by atoms with Gasteiger partial charge in [0.2, 0.25) is 5.91 Å². The number of nitrogens with one attached hydrogen (secondary N) is 3. The van der Waals surface area contributed by atoms with Gasteiger partial charge < -0.3 is 16.0 Å². The van der Waals surface area contributed by atoms with Gasteiger partial charge in [-0.1, -0.05) is 48.0 Å². The number of aryl methyl sites for hydroxylation is 3. The highest BCUT2D eigenvalue weighted by atomic mass is 16.2. The van der Waals surface area contributed by atoms with E-state index < -0.39 is 0 Å². The molecular weight excluding hydrogens is 510 g/mol. The lowest BCUT2D eigenvalue weighted by atomic mass is 9.98. The van der Waals surface area contributed by atoms with Crippen LogP contribution in [0.3, 0.4) is 0 Å². The molecular formula is C34H41N5O2. The second kappa shape index (κ2) is 14.6. The van der Waals surface area contributed by atoms with Crippen LogP contribution in [0.4, 0.5) is 5.69 Å². The van der Waals surface area contributed by atoms with Crippen LogP contribution in [0.15, 0.2) is 102 Å². The predicted molar refractivity (Wildman–Crippen MR) is 171 cm³/mol. The largest absolute Gasteiger partial charge is 0.360 e. The summed E-state index contributed by atoms with van der Waals surface area (Å²) in [5.74, 6) is -0.225. The fraction of sp³-hybridized carbons (Fsp3) is 0.235. The highest BCUT2D eigenvalue weighted by Crippen LogP contribution is 2.37. The van der Waals surface area contributed by atoms with E-state index in [4.69, 9.17) is 0 Å². The Bertz CT molecular complexity index is 1480. The van der Waals surface area contributed by atoms with Crippen LogP contribution in [0.25, 0.3) is 11.1 Å². The van der Waals surface area contributed by atoms with E-state index in [1.807, 2.05) is 24.3 Å². The molecule has 2 heterocycles. The third-order valence-electron chi connectivity index (χ3n) is 6.96. The van der Waals surface area contributed by atoms with Gasteiger partial charge in [-0.15, -0.1) is 0 Å². The molecule has 1 aliphatic heterocycles. The zero-order chi connectivity index (χ0) is 29.0. The number of hydrogen-bond acceptors (Lipinski definition) is 5. The van der Waals surface area contributed by atoms with Crippen molar-refractivity contribution in [2.75, 3.05) is 11.9 Å². The third-order valence-corrected chi connectivity index (χ3v) is 6.96. The maximum atomic E-state index is 12.1. The monoisotopic (exact) mass is 551 g/mol. The number of benzene rings is 2. The molecule has 0 fully saturated rings. The molecule has 0 atom stereocenters. The Morgan fingerprint density at radius 3 is 2.51 bits per heavy atom. The molecule has 41 heavy (non-hydrogen) atoms. The summed E-state index contributed by atoms with van der Waals surface area (Å²) in [6, 6.07) is 16.7. The van der Waals surface area contributed by atoms with Crippen LogP contribution >= 0.6 is 0 Å². The van der Waals surface area contributed by atoms with Gasteiger partial charge in [0.15, 0.2) is 5.70 Å². The first-order valence-electron chi connectivity index (χ1n) is 13.9. The molecule has 5 rings (SSSR count). The molecule has 3 N–H and O–H groups in total. The highest BCUT2D eigenvalue weighted by Gasteiger charge is 2.19. The molecule has 1 aromatic heterocycles. The number of carbonyl (C=O) groups excluding carboxylic acids is 2. The molecule has 0 bridgehead atoms. The van der Waals surface area contributed by atoms with Crippen LogP contribution in [-0.2, 0) is 28.9 Å². The number of allylic oxidation sites excluding steroid dienone is 3. The number of carbonyl (C=O) groups is 2. The molecule has 2 aromatic carbocycles. The lowest BCUT2D eigenvalue weighted by Gasteiger charge is -2.15. The van der Waals surface area contributed by atoms with E-state index in [0.29, 0.717) is 17.9 Å². The van der Waals surface area contributed by atoms with Crippen molar-refractivity contribution in [3.63, 3.8) is 0 Å². The zero-order valence-electron chi connectivity index (χ0n) is 23.7. The standard InChI is InChI=1S/C18H21N3O.C16H16N2O.2H2/c1-14-8-10-15(11-9-14)6-5-13-21-18(22)17(19-2)16-7-3-4-12-20-16;1-11(19)18-16-14-4-2-3-12(14)5-6-15(16)13-7-9-17-10-8-13;;/h3-4,7-12,20H,2,5-6,13H2,1H3,(H,21,22);5-10H,2-4H2,1H3,(H,18,19);2*1H/b17-16-;;;. The maximum absolute atomic E-state index is 12.1. The summed E-state index contributed by atoms with van der Waals surface area (Å²) in [6.07, 6.45) is 16.0. The Morgan fingerprint density at radius 2 is 1.83 bits per heavy atom. The van der Waals surface area contributed by atoms with E-state index in [0.717, 1.165) is 42.5 Å². The molecule has 0 spiro atoms. The number of rotatable bonds is 8. The van der Waals surface area contributed by atoms with Crippen LogP contribution in [0, 0.1) is 6.92 Å². The van der Waals surface area contributed by atoms with Gasteiger partial charge in [0, 0.05) is 40.5 Å². The summed E-state index contributed by atoms with van der Waals surface area (Å²) in [5, 5.41) is 8.89. The quantitative estimate of drug-likeness (QED) is 0.174. The van der Waals surface area contributed by atoms with Gasteiger partial charge in [0.05, 0.1) is 11.4 Å². The molecule has 214 valence electrons.